The number of rotatable bonds is 36. The van der Waals surface area contributed by atoms with E-state index in [1.807, 2.05) is 0 Å². The van der Waals surface area contributed by atoms with Crippen molar-refractivity contribution in [2.45, 2.75) is 95.1 Å². The smallest absolute Gasteiger partial charge is 0.274 e. The summed E-state index contributed by atoms with van der Waals surface area (Å²) >= 11 is 1.21. The summed E-state index contributed by atoms with van der Waals surface area (Å²) in [6, 6.07) is 12.3. The molecule has 1 fully saturated rings. The first kappa shape index (κ1) is 74.2. The topological polar surface area (TPSA) is 534 Å². The van der Waals surface area contributed by atoms with Gasteiger partial charge in [0.2, 0.25) is 35.4 Å². The summed E-state index contributed by atoms with van der Waals surface area (Å²) in [4.78, 5) is 150. The van der Waals surface area contributed by atoms with E-state index < -0.39 is 121 Å². The number of hydrogen-bond acceptors (Lipinski definition) is 27. The van der Waals surface area contributed by atoms with Crippen LogP contribution >= 0.6 is 36.1 Å². The Morgan fingerprint density at radius 1 is 0.843 bits per heavy atom. The maximum Gasteiger partial charge on any atom is 0.274 e. The van der Waals surface area contributed by atoms with E-state index in [0.717, 1.165) is 12.7 Å². The number of benzene rings is 2. The Bertz CT molecular complexity index is 3220. The summed E-state index contributed by atoms with van der Waals surface area (Å²) in [5.41, 5.74) is 10.8. The Kier molecular flexibility index (Phi) is 30.4. The zero-order chi connectivity index (χ0) is 65.9. The molecule has 3 heterocycles. The Morgan fingerprint density at radius 3 is 2.11 bits per heavy atom. The van der Waals surface area contributed by atoms with Gasteiger partial charge in [0.05, 0.1) is 34.0 Å². The summed E-state index contributed by atoms with van der Waals surface area (Å²) in [7, 11) is -12.7. The number of thioether (sulfide) groups is 1. The van der Waals surface area contributed by atoms with Crippen LogP contribution in [0.4, 0.5) is 5.82 Å². The maximum atomic E-state index is 12.9. The summed E-state index contributed by atoms with van der Waals surface area (Å²) in [5, 5.41) is 48.1. The second-order valence-corrected chi connectivity index (χ2v) is 24.0. The lowest BCUT2D eigenvalue weighted by Crippen LogP contribution is -2.48. The quantitative estimate of drug-likeness (QED) is 0.00526. The number of aromatic nitrogens is 4. The van der Waals surface area contributed by atoms with Gasteiger partial charge in [-0.3, -0.25) is 56.6 Å². The van der Waals surface area contributed by atoms with Gasteiger partial charge in [-0.05, 0) is 31.4 Å². The van der Waals surface area contributed by atoms with Gasteiger partial charge in [0.25, 0.3) is 21.6 Å². The fraction of sp³-hybridized carbons (Fsp3) is 0.471. The second-order valence-electron chi connectivity index (χ2n) is 19.8. The Balaban J connectivity index is 0.00000552. The normalized spacial score (nSPS) is 17.8. The lowest BCUT2D eigenvalue weighted by Gasteiger charge is -2.35. The van der Waals surface area contributed by atoms with Gasteiger partial charge < -0.3 is 92.2 Å². The molecule has 2 unspecified atom stereocenters. The monoisotopic (exact) mass is 1320 g/mol. The van der Waals surface area contributed by atoms with Crippen molar-refractivity contribution in [3.63, 3.8) is 0 Å². The molecule has 0 radical (unpaired) electrons. The molecule has 1 saturated heterocycles. The molecule has 7 amide bonds. The van der Waals surface area contributed by atoms with E-state index in [9.17, 15) is 72.7 Å². The van der Waals surface area contributed by atoms with Gasteiger partial charge in [-0.2, -0.15) is 11.8 Å². The van der Waals surface area contributed by atoms with Crippen molar-refractivity contribution >= 4 is 100 Å². The summed E-state index contributed by atoms with van der Waals surface area (Å²) in [6.07, 6.45) is -0.447. The lowest BCUT2D eigenvalue weighted by atomic mass is 9.87. The van der Waals surface area contributed by atoms with Gasteiger partial charge in [-0.1, -0.05) is 56.3 Å². The molecule has 12 N–H and O–H groups in total. The van der Waals surface area contributed by atoms with Crippen molar-refractivity contribution in [1.29, 1.82) is 0 Å². The van der Waals surface area contributed by atoms with Crippen molar-refractivity contribution < 1.29 is 105 Å². The molecule has 2 aromatic carbocycles. The Morgan fingerprint density at radius 2 is 1.46 bits per heavy atom. The molecule has 1 aliphatic rings. The molecular weight excluding hydrogens is 1260 g/mol. The third kappa shape index (κ3) is 24.3. The van der Waals surface area contributed by atoms with Gasteiger partial charge in [0, 0.05) is 73.3 Å². The number of hydrogen-bond donors (Lipinski definition) is 10. The zero-order valence-corrected chi connectivity index (χ0v) is 51.1. The number of nitrogens with one attached hydrogen (secondary N) is 6. The Labute approximate surface area is 514 Å². The van der Waals surface area contributed by atoms with Crippen LogP contribution in [-0.2, 0) is 65.4 Å². The molecule has 486 valence electrons. The predicted molar refractivity (Wildman–Crippen MR) is 305 cm³/mol. The molecule has 5 rings (SSSR count). The molecule has 4 aromatic rings. The number of unbranched alkanes of at least 4 members (excludes halogenated alkanes) is 1. The molecule has 89 heavy (non-hydrogen) atoms. The largest absolute Gasteiger partial charge is 0.772 e. The minimum atomic E-state index is -5.81. The number of ether oxygens (including phenoxy) is 1. The number of phosphoric acid groups is 2. The molecule has 34 nitrogen and oxygen atoms in total. The number of ketones is 1. The van der Waals surface area contributed by atoms with Crippen LogP contribution in [0.25, 0.3) is 11.2 Å². The van der Waals surface area contributed by atoms with E-state index in [0.29, 0.717) is 29.7 Å². The highest BCUT2D eigenvalue weighted by Crippen LogP contribution is 2.56. The van der Waals surface area contributed by atoms with Crippen LogP contribution in [0.2, 0.25) is 0 Å². The lowest BCUT2D eigenvalue weighted by molar-refractivity contribution is -0.706. The molecule has 0 spiro atoms. The highest BCUT2D eigenvalue weighted by Gasteiger charge is 2.46. The van der Waals surface area contributed by atoms with Crippen molar-refractivity contribution in [2.24, 2.45) is 11.1 Å². The average Bonchev–Trinajstić information content (AvgIpc) is 1.75. The van der Waals surface area contributed by atoms with Crippen LogP contribution in [0.5, 0.6) is 0 Å². The summed E-state index contributed by atoms with van der Waals surface area (Å²) in [6.45, 7) is 0.295. The second kappa shape index (κ2) is 36.4. The summed E-state index contributed by atoms with van der Waals surface area (Å²) in [5.74, 6) is -2.02. The molecular formula is C51H65N12O22P3S-4. The third-order valence-electron chi connectivity index (χ3n) is 12.7. The standard InChI is InChI=1S/C51H68N12O20P2S.HO2P/c1-4-10-34(62-47(71)32-16-14-31(15-17-32)40(67)30-11-6-5-7-12-30)48(72)56-22-19-37(65)61-33(45(53)70)13-8-9-20-54-38(66)26-86-24-23-55-36(64)18-21-57-49(73)43(69)51(2,3)27-80-85(77,78)83-84(75,76)79-25-35-42(82-74)41(68)50(81-35)63-29-60-39-44(52)58-28-59-46(39)63;1-3-2/h1,5-7,11-12,14-17,28-29,33-35,41-43,50,68-69,74H,8-10,13,18-27H2,2-3H3,(H2,53,70)(H,54,66)(H,55,64)(H,56,72)(H,57,73)(H,61,65)(H,62,71)(H,75,76)(H,77,78)(H2,52,58,59);(H,1,2)/p-4/t33-,34+,35+,41+,42+,43-,50+;/m0./s1. The van der Waals surface area contributed by atoms with Crippen LogP contribution in [-0.4, -0.2) is 164 Å². The predicted octanol–water partition coefficient (Wildman–Crippen LogP) is -3.57. The zero-order valence-electron chi connectivity index (χ0n) is 47.6. The van der Waals surface area contributed by atoms with Gasteiger partial charge in [-0.25, -0.2) is 19.3 Å². The van der Waals surface area contributed by atoms with E-state index >= 15 is 0 Å². The number of imidazole rings is 1. The number of nitrogens with zero attached hydrogens (tertiary/aromatic N) is 4. The molecule has 2 aromatic heterocycles. The minimum Gasteiger partial charge on any atom is -0.772 e. The number of nitrogen functional groups attached to an aromatic ring is 1. The highest BCUT2D eigenvalue weighted by molar-refractivity contribution is 7.99. The number of fused-ring (bicyclic) bond motifs is 1. The average molecular weight is 1320 g/mol. The highest BCUT2D eigenvalue weighted by atomic mass is 32.2. The van der Waals surface area contributed by atoms with E-state index in [1.165, 1.54) is 54.4 Å². The van der Waals surface area contributed by atoms with Crippen molar-refractivity contribution in [3.05, 3.63) is 83.9 Å². The first-order valence-electron chi connectivity index (χ1n) is 26.7. The fourth-order valence-electron chi connectivity index (χ4n) is 8.01. The van der Waals surface area contributed by atoms with Crippen molar-refractivity contribution in [3.8, 4) is 12.3 Å². The van der Waals surface area contributed by atoms with Crippen LogP contribution < -0.4 is 63.3 Å². The number of nitrogens with two attached hydrogens (primary N) is 2. The third-order valence-corrected chi connectivity index (χ3v) is 16.1. The first-order valence-corrected chi connectivity index (χ1v) is 31.5. The number of carbonyl (C=O) groups is 8. The van der Waals surface area contributed by atoms with Crippen LogP contribution in [0.15, 0.2) is 67.3 Å². The fourth-order valence-corrected chi connectivity index (χ4v) is 10.9. The Hall–Kier alpha value is -7.22. The van der Waals surface area contributed by atoms with Crippen LogP contribution in [0.1, 0.15) is 84.9 Å². The van der Waals surface area contributed by atoms with Gasteiger partial charge in [-0.15, -0.1) is 12.3 Å². The number of amides is 7. The summed E-state index contributed by atoms with van der Waals surface area (Å²) < 4.78 is 53.5. The molecule has 0 aliphatic carbocycles. The number of aliphatic hydroxyl groups excluding tert-OH is 2. The van der Waals surface area contributed by atoms with Gasteiger partial charge in [0.15, 0.2) is 23.5 Å². The van der Waals surface area contributed by atoms with Crippen LogP contribution in [0, 0.1) is 17.8 Å². The maximum absolute atomic E-state index is 12.9. The van der Waals surface area contributed by atoms with E-state index in [4.69, 9.17) is 32.1 Å². The molecule has 1 aliphatic heterocycles. The SMILES string of the molecule is C#CC[C@@H](NC(=O)c1ccc(C(=O)c2ccccc2)cc1)C(=O)NCCC(=O)N[C@@H](CCCCNC(=O)CSCCNC(=O)CCNC(=O)[C@H](O)C(C)(C)COP(=O)([O-])OP(=O)([O-])OC[C@H]1O[C@@H](n2cnc3c(N)ncnc32)[C@H](O)[C@@H]1O[O-])C(N)=O.O=P[O-]. The van der Waals surface area contributed by atoms with Crippen LogP contribution in [0.3, 0.4) is 0 Å². The van der Waals surface area contributed by atoms with Crippen molar-refractivity contribution in [2.75, 3.05) is 56.6 Å². The number of aliphatic hydroxyl groups is 2. The number of primary amides is 1. The molecule has 38 heteroatoms. The minimum absolute atomic E-state index is 0.0145. The molecule has 0 saturated carbocycles. The molecule has 9 atom stereocenters. The number of phosphoric ester groups is 2. The number of anilines is 1. The van der Waals surface area contributed by atoms with E-state index in [1.54, 1.807) is 30.3 Å². The van der Waals surface area contributed by atoms with E-state index in [2.05, 4.69) is 71.0 Å². The number of carbonyl (C=O) groups excluding carboxylic acids is 8. The first-order chi connectivity index (χ1) is 42.2. The van der Waals surface area contributed by atoms with E-state index in [-0.39, 0.29) is 91.9 Å². The van der Waals surface area contributed by atoms with Gasteiger partial charge >= 0.3 is 0 Å². The molecule has 0 bridgehead atoms. The van der Waals surface area contributed by atoms with Crippen molar-refractivity contribution in [1.82, 2.24) is 51.4 Å². The van der Waals surface area contributed by atoms with Gasteiger partial charge in [0.1, 0.15) is 48.3 Å². The number of terminal acetylenes is 1.